The molecular weight excluding hydrogens is 485 g/mol. The van der Waals surface area contributed by atoms with Gasteiger partial charge in [0.15, 0.2) is 12.3 Å². The molecule has 1 unspecified atom stereocenters. The summed E-state index contributed by atoms with van der Waals surface area (Å²) in [7, 11) is 2.03. The molecule has 0 aromatic carbocycles. The van der Waals surface area contributed by atoms with Crippen LogP contribution in [0.2, 0.25) is 13.1 Å². The Morgan fingerprint density at radius 3 is 2.50 bits per heavy atom. The molecule has 5 N–H and O–H groups in total. The van der Waals surface area contributed by atoms with Gasteiger partial charge in [-0.2, -0.15) is 4.39 Å². The van der Waals surface area contributed by atoms with Crippen LogP contribution in [0.15, 0.2) is 0 Å². The third-order valence-corrected chi connectivity index (χ3v) is 5.81. The first-order chi connectivity index (χ1) is 16.7. The van der Waals surface area contributed by atoms with Crippen LogP contribution in [0.3, 0.4) is 0 Å². The SMILES string of the molecule is C[B]CCC(C)OCCC(C)(C)NC(=O)O[C@@H]([C@@H]1O[C@@](F)(C(=O)O)[C@H](F)C[C@H]1NC(C)=O)[C@H](O)CO. The van der Waals surface area contributed by atoms with E-state index in [9.17, 15) is 33.4 Å². The smallest absolute Gasteiger partial charge is 0.408 e. The molecule has 0 aliphatic carbocycles. The Balaban J connectivity index is 2.98. The highest BCUT2D eigenvalue weighted by molar-refractivity contribution is 6.33. The molecule has 207 valence electrons. The maximum absolute atomic E-state index is 14.8. The third-order valence-electron chi connectivity index (χ3n) is 5.81. The van der Waals surface area contributed by atoms with E-state index >= 15 is 0 Å². The molecule has 7 atom stereocenters. The van der Waals surface area contributed by atoms with E-state index < -0.39 is 72.9 Å². The number of aliphatic hydroxyl groups is 2. The van der Waals surface area contributed by atoms with Gasteiger partial charge in [-0.1, -0.05) is 13.1 Å². The molecule has 36 heavy (non-hydrogen) atoms. The number of nitrogens with one attached hydrogen (secondary N) is 2. The van der Waals surface area contributed by atoms with Gasteiger partial charge >= 0.3 is 17.9 Å². The van der Waals surface area contributed by atoms with Gasteiger partial charge in [0.2, 0.25) is 5.91 Å². The summed E-state index contributed by atoms with van der Waals surface area (Å²) in [6.07, 6.45) is -8.04. The average molecular weight is 523 g/mol. The van der Waals surface area contributed by atoms with Crippen molar-refractivity contribution in [1.82, 2.24) is 10.6 Å². The van der Waals surface area contributed by atoms with Crippen molar-refractivity contribution in [2.75, 3.05) is 13.2 Å². The second kappa shape index (κ2) is 14.1. The van der Waals surface area contributed by atoms with Gasteiger partial charge in [-0.25, -0.2) is 14.0 Å². The average Bonchev–Trinajstić information content (AvgIpc) is 2.77. The molecule has 1 saturated heterocycles. The molecule has 1 aliphatic heterocycles. The Kier molecular flexibility index (Phi) is 12.5. The van der Waals surface area contributed by atoms with Gasteiger partial charge in [0.05, 0.1) is 18.8 Å². The molecule has 0 saturated carbocycles. The molecule has 11 nitrogen and oxygen atoms in total. The molecule has 0 aromatic rings. The highest BCUT2D eigenvalue weighted by atomic mass is 19.2. The molecule has 1 fully saturated rings. The number of halogens is 2. The van der Waals surface area contributed by atoms with Crippen LogP contribution in [0.1, 0.15) is 47.0 Å². The minimum Gasteiger partial charge on any atom is -0.477 e. The van der Waals surface area contributed by atoms with Crippen LogP contribution in [0, 0.1) is 0 Å². The summed E-state index contributed by atoms with van der Waals surface area (Å²) in [5.41, 5.74) is -0.859. The van der Waals surface area contributed by atoms with Crippen molar-refractivity contribution in [3.8, 4) is 0 Å². The molecule has 14 heteroatoms. The van der Waals surface area contributed by atoms with E-state index in [2.05, 4.69) is 10.6 Å². The van der Waals surface area contributed by atoms with Crippen molar-refractivity contribution < 1.29 is 52.7 Å². The molecular formula is C22H38BF2N2O9. The van der Waals surface area contributed by atoms with Crippen LogP contribution in [0.5, 0.6) is 0 Å². The van der Waals surface area contributed by atoms with Gasteiger partial charge in [0, 0.05) is 25.5 Å². The Morgan fingerprint density at radius 1 is 1.33 bits per heavy atom. The maximum Gasteiger partial charge on any atom is 0.408 e. The van der Waals surface area contributed by atoms with E-state index in [-0.39, 0.29) is 6.10 Å². The Hall–Kier alpha value is -2.03. The molecule has 1 aliphatic rings. The van der Waals surface area contributed by atoms with Crippen LogP contribution in [-0.2, 0) is 23.8 Å². The van der Waals surface area contributed by atoms with Gasteiger partial charge < -0.3 is 40.2 Å². The number of amides is 2. The predicted octanol–water partition coefficient (Wildman–Crippen LogP) is 0.951. The molecule has 1 rings (SSSR count). The van der Waals surface area contributed by atoms with E-state index in [1.165, 1.54) is 0 Å². The Bertz CT molecular complexity index is 748. The summed E-state index contributed by atoms with van der Waals surface area (Å²) < 4.78 is 45.0. The Labute approximate surface area is 210 Å². The molecule has 0 spiro atoms. The summed E-state index contributed by atoms with van der Waals surface area (Å²) >= 11 is 0. The van der Waals surface area contributed by atoms with E-state index in [4.69, 9.17) is 19.3 Å². The largest absolute Gasteiger partial charge is 0.477 e. The lowest BCUT2D eigenvalue weighted by molar-refractivity contribution is -0.272. The fourth-order valence-electron chi connectivity index (χ4n) is 3.71. The normalized spacial score (nSPS) is 26.9. The van der Waals surface area contributed by atoms with E-state index in [1.54, 1.807) is 13.8 Å². The first kappa shape index (κ1) is 32.0. The number of alkyl carbamates (subject to hydrolysis) is 1. The van der Waals surface area contributed by atoms with Gasteiger partial charge in [0.1, 0.15) is 19.5 Å². The molecule has 0 aromatic heterocycles. The van der Waals surface area contributed by atoms with E-state index in [0.717, 1.165) is 19.7 Å². The lowest BCUT2D eigenvalue weighted by Crippen LogP contribution is -2.66. The summed E-state index contributed by atoms with van der Waals surface area (Å²) in [6.45, 7) is 7.66. The minimum absolute atomic E-state index is 0.0109. The van der Waals surface area contributed by atoms with Gasteiger partial charge in [-0.05, 0) is 33.6 Å². The van der Waals surface area contributed by atoms with Crippen molar-refractivity contribution in [3.05, 3.63) is 0 Å². The van der Waals surface area contributed by atoms with Crippen molar-refractivity contribution in [1.29, 1.82) is 0 Å². The van der Waals surface area contributed by atoms with E-state index in [0.29, 0.717) is 13.0 Å². The topological polar surface area (TPSA) is 164 Å². The quantitative estimate of drug-likeness (QED) is 0.209. The lowest BCUT2D eigenvalue weighted by atomic mass is 9.76. The first-order valence-electron chi connectivity index (χ1n) is 11.8. The maximum atomic E-state index is 14.8. The predicted molar refractivity (Wildman–Crippen MR) is 125 cm³/mol. The fraction of sp³-hybridized carbons (Fsp3) is 0.864. The van der Waals surface area contributed by atoms with Gasteiger partial charge in [-0.3, -0.25) is 4.79 Å². The fourth-order valence-corrected chi connectivity index (χ4v) is 3.71. The number of carboxylic acids is 1. The highest BCUT2D eigenvalue weighted by Gasteiger charge is 2.59. The zero-order valence-electron chi connectivity index (χ0n) is 21.3. The van der Waals surface area contributed by atoms with Crippen LogP contribution in [0.25, 0.3) is 0 Å². The van der Waals surface area contributed by atoms with Crippen LogP contribution in [-0.4, -0.2) is 102 Å². The van der Waals surface area contributed by atoms with Gasteiger partial charge in [-0.15, -0.1) is 0 Å². The summed E-state index contributed by atoms with van der Waals surface area (Å²) in [5.74, 6) is -6.78. The lowest BCUT2D eigenvalue weighted by Gasteiger charge is -2.43. The van der Waals surface area contributed by atoms with Crippen molar-refractivity contribution in [3.63, 3.8) is 0 Å². The van der Waals surface area contributed by atoms with Crippen molar-refractivity contribution in [2.24, 2.45) is 0 Å². The zero-order chi connectivity index (χ0) is 27.7. The van der Waals surface area contributed by atoms with Crippen LogP contribution in [0.4, 0.5) is 13.6 Å². The number of carbonyl (C=O) groups excluding carboxylic acids is 2. The molecule has 1 radical (unpaired) electrons. The van der Waals surface area contributed by atoms with Crippen LogP contribution >= 0.6 is 0 Å². The number of hydrogen-bond acceptors (Lipinski definition) is 8. The van der Waals surface area contributed by atoms with Crippen LogP contribution < -0.4 is 10.6 Å². The molecule has 1 heterocycles. The number of hydrogen-bond donors (Lipinski definition) is 5. The second-order valence-electron chi connectivity index (χ2n) is 9.59. The standard InChI is InChI=1S/C22H38BF2N2O9/c1-12(6-8-23-5)34-9-7-21(3,4)27-20(33)35-18(15(30)11-28)17-14(26-13(2)29)10-16(24)22(25,36-17)19(31)32/h12,14-18,28,30H,6-11H2,1-5H3,(H,26,29)(H,27,33)(H,31,32)/t12?,14-,15-,16-,17-,18-,22-/m1/s1. The number of aliphatic carboxylic acids is 1. The molecule has 2 amide bonds. The summed E-state index contributed by atoms with van der Waals surface area (Å²) in [6, 6.07) is -1.37. The zero-order valence-corrected chi connectivity index (χ0v) is 21.3. The minimum atomic E-state index is -3.82. The number of aliphatic hydroxyl groups excluding tert-OH is 2. The number of carbonyl (C=O) groups is 3. The summed E-state index contributed by atoms with van der Waals surface area (Å²) in [5, 5.41) is 33.8. The highest BCUT2D eigenvalue weighted by Crippen LogP contribution is 2.36. The third kappa shape index (κ3) is 9.45. The number of carboxylic acid groups (broad SMARTS) is 1. The van der Waals surface area contributed by atoms with E-state index in [1.807, 2.05) is 21.0 Å². The first-order valence-corrected chi connectivity index (χ1v) is 11.8. The number of ether oxygens (including phenoxy) is 3. The Morgan fingerprint density at radius 2 is 1.97 bits per heavy atom. The van der Waals surface area contributed by atoms with Gasteiger partial charge in [0.25, 0.3) is 0 Å². The molecule has 0 bridgehead atoms. The number of alkyl halides is 2. The van der Waals surface area contributed by atoms with Crippen molar-refractivity contribution in [2.45, 2.75) is 108 Å². The van der Waals surface area contributed by atoms with Crippen molar-refractivity contribution >= 4 is 25.2 Å². The summed E-state index contributed by atoms with van der Waals surface area (Å²) in [4.78, 5) is 35.6. The number of rotatable bonds is 14. The monoisotopic (exact) mass is 523 g/mol. The second-order valence-corrected chi connectivity index (χ2v) is 9.59.